The van der Waals surface area contributed by atoms with Crippen molar-refractivity contribution in [2.75, 3.05) is 6.61 Å². The van der Waals surface area contributed by atoms with Crippen molar-refractivity contribution >= 4 is 18.7 Å². The molecule has 0 aliphatic heterocycles. The predicted octanol–water partition coefficient (Wildman–Crippen LogP) is 4.26. The first-order valence-electron chi connectivity index (χ1n) is 10.9. The third-order valence-corrected chi connectivity index (χ3v) is 11.6. The summed E-state index contributed by atoms with van der Waals surface area (Å²) in [5, 5.41) is 13.8. The van der Waals surface area contributed by atoms with Crippen molar-refractivity contribution in [3.63, 3.8) is 0 Å². The van der Waals surface area contributed by atoms with E-state index >= 15 is 0 Å². The van der Waals surface area contributed by atoms with Gasteiger partial charge >= 0.3 is 0 Å². The summed E-state index contributed by atoms with van der Waals surface area (Å²) in [7, 11) is -2.68. The molecule has 158 valence electrons. The Hall–Kier alpha value is -2.64. The summed E-state index contributed by atoms with van der Waals surface area (Å²) in [6.07, 6.45) is 6.59. The summed E-state index contributed by atoms with van der Waals surface area (Å²) in [5.74, 6) is 2.51. The van der Waals surface area contributed by atoms with Crippen LogP contribution in [0.25, 0.3) is 0 Å². The number of terminal acetylenes is 1. The molecule has 0 saturated heterocycles. The zero-order valence-corrected chi connectivity index (χ0v) is 19.5. The molecule has 3 heteroatoms. The van der Waals surface area contributed by atoms with Gasteiger partial charge in [-0.1, -0.05) is 112 Å². The van der Waals surface area contributed by atoms with Crippen molar-refractivity contribution < 1.29 is 9.53 Å². The summed E-state index contributed by atoms with van der Waals surface area (Å²) in [6, 6.07) is 29.1. The van der Waals surface area contributed by atoms with E-state index in [0.717, 1.165) is 17.5 Å². The zero-order valence-electron chi connectivity index (χ0n) is 18.5. The van der Waals surface area contributed by atoms with Gasteiger partial charge in [-0.2, -0.15) is 0 Å². The lowest BCUT2D eigenvalue weighted by Crippen LogP contribution is -2.67. The molecule has 0 spiro atoms. The molecule has 1 N–H and O–H groups in total. The first-order valence-corrected chi connectivity index (χ1v) is 12.8. The third-order valence-electron chi connectivity index (χ3n) is 6.62. The first kappa shape index (κ1) is 21.6. The molecule has 0 heterocycles. The van der Waals surface area contributed by atoms with Crippen LogP contribution in [0.3, 0.4) is 0 Å². The average molecular weight is 427 g/mol. The van der Waals surface area contributed by atoms with Gasteiger partial charge < -0.3 is 9.53 Å². The van der Waals surface area contributed by atoms with E-state index in [2.05, 4.69) is 81.3 Å². The molecule has 2 atom stereocenters. The van der Waals surface area contributed by atoms with Crippen molar-refractivity contribution in [1.29, 1.82) is 0 Å². The fraction of sp³-hybridized carbons (Fsp3) is 0.286. The molecule has 4 rings (SSSR count). The molecule has 0 radical (unpaired) electrons. The van der Waals surface area contributed by atoms with Gasteiger partial charge in [-0.05, 0) is 33.0 Å². The van der Waals surface area contributed by atoms with Gasteiger partial charge in [-0.3, -0.25) is 0 Å². The Labute approximate surface area is 187 Å². The van der Waals surface area contributed by atoms with Crippen LogP contribution in [-0.4, -0.2) is 20.0 Å². The quantitative estimate of drug-likeness (QED) is 0.488. The topological polar surface area (TPSA) is 29.5 Å². The fourth-order valence-electron chi connectivity index (χ4n) is 5.07. The lowest BCUT2D eigenvalue weighted by molar-refractivity contribution is 0.0228. The lowest BCUT2D eigenvalue weighted by Gasteiger charge is -2.44. The molecule has 2 unspecified atom stereocenters. The maximum Gasteiger partial charge on any atom is 0.261 e. The fourth-order valence-corrected chi connectivity index (χ4v) is 9.67. The molecule has 0 saturated carbocycles. The molecule has 0 fully saturated rings. The van der Waals surface area contributed by atoms with Crippen LogP contribution in [0.5, 0.6) is 0 Å². The average Bonchev–Trinajstić information content (AvgIpc) is 3.07. The molecule has 0 amide bonds. The molecule has 1 aliphatic carbocycles. The van der Waals surface area contributed by atoms with Gasteiger partial charge in [0.05, 0.1) is 0 Å². The standard InChI is InChI=1S/C28H30O2Si/c1-5-28(29)23(20-22-14-12-13-19-26(22)28)21-30-31(27(2,3)4,24-15-8-6-9-16-24)25-17-10-7-11-18-25/h1,6-19,23,29H,20-21H2,2-4H3. The highest BCUT2D eigenvalue weighted by molar-refractivity contribution is 6.99. The van der Waals surface area contributed by atoms with Gasteiger partial charge in [0, 0.05) is 12.5 Å². The van der Waals surface area contributed by atoms with Crippen LogP contribution in [-0.2, 0) is 16.4 Å². The van der Waals surface area contributed by atoms with Gasteiger partial charge in [0.25, 0.3) is 8.32 Å². The molecular weight excluding hydrogens is 396 g/mol. The lowest BCUT2D eigenvalue weighted by atomic mass is 9.89. The summed E-state index contributed by atoms with van der Waals surface area (Å²) in [5.41, 5.74) is 0.648. The normalized spacial score (nSPS) is 20.8. The van der Waals surface area contributed by atoms with Crippen molar-refractivity contribution in [1.82, 2.24) is 0 Å². The molecule has 0 bridgehead atoms. The molecule has 2 nitrogen and oxygen atoms in total. The van der Waals surface area contributed by atoms with Crippen molar-refractivity contribution in [2.45, 2.75) is 37.8 Å². The van der Waals surface area contributed by atoms with Crippen LogP contribution < -0.4 is 10.4 Å². The smallest absolute Gasteiger partial charge is 0.261 e. The largest absolute Gasteiger partial charge is 0.407 e. The molecule has 1 aliphatic rings. The molecule has 3 aromatic rings. The minimum absolute atomic E-state index is 0.116. The Morgan fingerprint density at radius 3 is 1.97 bits per heavy atom. The molecule has 0 aromatic heterocycles. The third kappa shape index (κ3) is 3.55. The van der Waals surface area contributed by atoms with Gasteiger partial charge in [0.15, 0.2) is 5.60 Å². The highest BCUT2D eigenvalue weighted by atomic mass is 28.4. The van der Waals surface area contributed by atoms with E-state index in [0.29, 0.717) is 6.61 Å². The number of hydrogen-bond donors (Lipinski definition) is 1. The van der Waals surface area contributed by atoms with E-state index in [1.165, 1.54) is 10.4 Å². The van der Waals surface area contributed by atoms with E-state index < -0.39 is 13.9 Å². The van der Waals surface area contributed by atoms with Crippen LogP contribution in [0.15, 0.2) is 84.9 Å². The van der Waals surface area contributed by atoms with Gasteiger partial charge in [0.1, 0.15) is 0 Å². The highest BCUT2D eigenvalue weighted by Crippen LogP contribution is 2.43. The van der Waals surface area contributed by atoms with Crippen molar-refractivity contribution in [2.24, 2.45) is 5.92 Å². The van der Waals surface area contributed by atoms with Crippen LogP contribution in [0.4, 0.5) is 0 Å². The maximum absolute atomic E-state index is 11.5. The predicted molar refractivity (Wildman–Crippen MR) is 130 cm³/mol. The number of fused-ring (bicyclic) bond motifs is 1. The summed E-state index contributed by atoms with van der Waals surface area (Å²) >= 11 is 0. The minimum Gasteiger partial charge on any atom is -0.407 e. The second-order valence-corrected chi connectivity index (χ2v) is 13.7. The second kappa shape index (κ2) is 8.13. The SMILES string of the molecule is C#CC1(O)c2ccccc2CC1CO[Si](c1ccccc1)(c1ccccc1)C(C)(C)C. The van der Waals surface area contributed by atoms with Gasteiger partial charge in [0.2, 0.25) is 0 Å². The number of hydrogen-bond acceptors (Lipinski definition) is 2. The number of aliphatic hydroxyl groups is 1. The summed E-state index contributed by atoms with van der Waals surface area (Å²) in [6.45, 7) is 7.19. The van der Waals surface area contributed by atoms with Crippen LogP contribution in [0.2, 0.25) is 5.04 Å². The summed E-state index contributed by atoms with van der Waals surface area (Å²) in [4.78, 5) is 0. The van der Waals surface area contributed by atoms with E-state index in [-0.39, 0.29) is 11.0 Å². The van der Waals surface area contributed by atoms with Crippen LogP contribution in [0, 0.1) is 18.3 Å². The van der Waals surface area contributed by atoms with E-state index in [9.17, 15) is 5.11 Å². The monoisotopic (exact) mass is 426 g/mol. The van der Waals surface area contributed by atoms with Crippen LogP contribution in [0.1, 0.15) is 31.9 Å². The Bertz CT molecular complexity index is 1040. The second-order valence-electron chi connectivity index (χ2n) is 9.44. The Morgan fingerprint density at radius 1 is 0.935 bits per heavy atom. The number of rotatable bonds is 5. The van der Waals surface area contributed by atoms with Crippen LogP contribution >= 0.6 is 0 Å². The van der Waals surface area contributed by atoms with E-state index in [1.54, 1.807) is 0 Å². The maximum atomic E-state index is 11.5. The van der Waals surface area contributed by atoms with Crippen molar-refractivity contribution in [3.05, 3.63) is 96.1 Å². The Balaban J connectivity index is 1.78. The summed E-state index contributed by atoms with van der Waals surface area (Å²) < 4.78 is 7.06. The molecular formula is C28H30O2Si. The first-order chi connectivity index (χ1) is 14.8. The van der Waals surface area contributed by atoms with E-state index in [1.807, 2.05) is 30.3 Å². The molecule has 31 heavy (non-hydrogen) atoms. The van der Waals surface area contributed by atoms with Gasteiger partial charge in [-0.25, -0.2) is 0 Å². The minimum atomic E-state index is -2.68. The van der Waals surface area contributed by atoms with Gasteiger partial charge in [-0.15, -0.1) is 6.42 Å². The highest BCUT2D eigenvalue weighted by Gasteiger charge is 2.52. The number of benzene rings is 3. The Kier molecular flexibility index (Phi) is 5.66. The Morgan fingerprint density at radius 2 is 1.45 bits per heavy atom. The van der Waals surface area contributed by atoms with Crippen molar-refractivity contribution in [3.8, 4) is 12.3 Å². The zero-order chi connectivity index (χ0) is 22.1. The molecule has 3 aromatic carbocycles. The van der Waals surface area contributed by atoms with E-state index in [4.69, 9.17) is 10.8 Å².